The molecule has 0 aromatic heterocycles. The van der Waals surface area contributed by atoms with Gasteiger partial charge in [0.2, 0.25) is 0 Å². The molecule has 0 fully saturated rings. The number of rotatable bonds is 6. The van der Waals surface area contributed by atoms with Crippen molar-refractivity contribution < 1.29 is 9.84 Å². The monoisotopic (exact) mass is 373 g/mol. The van der Waals surface area contributed by atoms with Gasteiger partial charge in [-0.15, -0.1) is 0 Å². The third-order valence-electron chi connectivity index (χ3n) is 3.65. The first-order valence-electron chi connectivity index (χ1n) is 7.79. The van der Waals surface area contributed by atoms with Gasteiger partial charge in [0.25, 0.3) is 0 Å². The number of halogens is 2. The highest BCUT2D eigenvalue weighted by Crippen LogP contribution is 2.24. The highest BCUT2D eigenvalue weighted by atomic mass is 35.5. The van der Waals surface area contributed by atoms with E-state index >= 15 is 0 Å². The first-order chi connectivity index (χ1) is 12.1. The average molecular weight is 374 g/mol. The van der Waals surface area contributed by atoms with E-state index in [4.69, 9.17) is 27.9 Å². The van der Waals surface area contributed by atoms with Gasteiger partial charge in [-0.3, -0.25) is 0 Å². The molecule has 3 rings (SSSR count). The van der Waals surface area contributed by atoms with Crippen molar-refractivity contribution in [2.24, 2.45) is 0 Å². The van der Waals surface area contributed by atoms with Crippen LogP contribution in [0.2, 0.25) is 10.0 Å². The molecule has 0 bridgehead atoms. The van der Waals surface area contributed by atoms with Crippen molar-refractivity contribution in [3.05, 3.63) is 87.9 Å². The fraction of sp³-hybridized carbons (Fsp3) is 0.100. The van der Waals surface area contributed by atoms with Gasteiger partial charge in [0.15, 0.2) is 0 Å². The van der Waals surface area contributed by atoms with Gasteiger partial charge in [-0.05, 0) is 59.7 Å². The van der Waals surface area contributed by atoms with Crippen molar-refractivity contribution in [1.29, 1.82) is 0 Å². The number of anilines is 1. The molecule has 0 saturated carbocycles. The number of nitrogens with one attached hydrogen (secondary N) is 1. The molecule has 0 aliphatic heterocycles. The topological polar surface area (TPSA) is 41.5 Å². The minimum atomic E-state index is 0.253. The summed E-state index contributed by atoms with van der Waals surface area (Å²) in [4.78, 5) is 0. The molecule has 3 aromatic carbocycles. The van der Waals surface area contributed by atoms with E-state index in [9.17, 15) is 5.11 Å². The van der Waals surface area contributed by atoms with Crippen molar-refractivity contribution in [3.8, 4) is 11.5 Å². The second kappa shape index (κ2) is 8.15. The molecule has 0 heterocycles. The predicted molar refractivity (Wildman–Crippen MR) is 103 cm³/mol. The maximum absolute atomic E-state index is 9.30. The van der Waals surface area contributed by atoms with E-state index in [-0.39, 0.29) is 5.75 Å². The summed E-state index contributed by atoms with van der Waals surface area (Å²) in [6.45, 7) is 1.08. The molecule has 0 unspecified atom stereocenters. The zero-order chi connectivity index (χ0) is 17.6. The second-order valence-corrected chi connectivity index (χ2v) is 6.40. The van der Waals surface area contributed by atoms with E-state index in [1.165, 1.54) is 0 Å². The molecule has 3 nitrogen and oxygen atoms in total. The Kier molecular flexibility index (Phi) is 5.69. The highest BCUT2D eigenvalue weighted by molar-refractivity contribution is 6.42. The minimum Gasteiger partial charge on any atom is -0.508 e. The Labute approximate surface area is 156 Å². The number of aromatic hydroxyl groups is 1. The van der Waals surface area contributed by atoms with Crippen LogP contribution in [0, 0.1) is 0 Å². The summed E-state index contributed by atoms with van der Waals surface area (Å²) >= 11 is 11.9. The lowest BCUT2D eigenvalue weighted by Gasteiger charge is -2.10. The Bertz CT molecular complexity index is 851. The summed E-state index contributed by atoms with van der Waals surface area (Å²) in [7, 11) is 0. The molecule has 128 valence electrons. The first-order valence-corrected chi connectivity index (χ1v) is 8.54. The van der Waals surface area contributed by atoms with Gasteiger partial charge in [-0.2, -0.15) is 0 Å². The number of benzene rings is 3. The minimum absolute atomic E-state index is 0.253. The Balaban J connectivity index is 1.59. The van der Waals surface area contributed by atoms with E-state index in [0.717, 1.165) is 22.6 Å². The van der Waals surface area contributed by atoms with Crippen LogP contribution >= 0.6 is 23.2 Å². The first kappa shape index (κ1) is 17.5. The highest BCUT2D eigenvalue weighted by Gasteiger charge is 2.02. The molecule has 5 heteroatoms. The standard InChI is InChI=1S/C20H17Cl2NO2/c21-19-9-4-15(11-20(19)22)13-25-18-3-1-2-14(10-18)12-23-16-5-7-17(24)8-6-16/h1-11,23-24H,12-13H2. The van der Waals surface area contributed by atoms with E-state index in [1.807, 2.05) is 42.5 Å². The van der Waals surface area contributed by atoms with Gasteiger partial charge in [0, 0.05) is 12.2 Å². The van der Waals surface area contributed by atoms with Crippen molar-refractivity contribution in [1.82, 2.24) is 0 Å². The van der Waals surface area contributed by atoms with Crippen LogP contribution in [0.25, 0.3) is 0 Å². The summed E-state index contributed by atoms with van der Waals surface area (Å²) < 4.78 is 5.83. The molecule has 0 aliphatic carbocycles. The van der Waals surface area contributed by atoms with Crippen LogP contribution in [0.3, 0.4) is 0 Å². The molecule has 25 heavy (non-hydrogen) atoms. The largest absolute Gasteiger partial charge is 0.508 e. The molecule has 3 aromatic rings. The van der Waals surface area contributed by atoms with E-state index in [2.05, 4.69) is 5.32 Å². The summed E-state index contributed by atoms with van der Waals surface area (Å²) in [5, 5.41) is 13.7. The summed E-state index contributed by atoms with van der Waals surface area (Å²) in [6.07, 6.45) is 0. The quantitative estimate of drug-likeness (QED) is 0.529. The maximum atomic E-state index is 9.30. The molecule has 2 N–H and O–H groups in total. The molecule has 0 spiro atoms. The molecule has 0 aliphatic rings. The van der Waals surface area contributed by atoms with Gasteiger partial charge in [-0.25, -0.2) is 0 Å². The second-order valence-electron chi connectivity index (χ2n) is 5.58. The van der Waals surface area contributed by atoms with Gasteiger partial charge in [-0.1, -0.05) is 41.4 Å². The van der Waals surface area contributed by atoms with Crippen LogP contribution in [0.5, 0.6) is 11.5 Å². The lowest BCUT2D eigenvalue weighted by molar-refractivity contribution is 0.306. The van der Waals surface area contributed by atoms with Crippen molar-refractivity contribution in [3.63, 3.8) is 0 Å². The third kappa shape index (κ3) is 5.05. The number of hydrogen-bond donors (Lipinski definition) is 2. The lowest BCUT2D eigenvalue weighted by Crippen LogP contribution is -2.00. The van der Waals surface area contributed by atoms with E-state index in [0.29, 0.717) is 23.2 Å². The summed E-state index contributed by atoms with van der Waals surface area (Å²) in [6, 6.07) is 20.3. The van der Waals surface area contributed by atoms with Crippen LogP contribution in [0.4, 0.5) is 5.69 Å². The molecular weight excluding hydrogens is 357 g/mol. The number of hydrogen-bond acceptors (Lipinski definition) is 3. The predicted octanol–water partition coefficient (Wildman–Crippen LogP) is 5.89. The van der Waals surface area contributed by atoms with Gasteiger partial charge in [0.1, 0.15) is 18.1 Å². The number of phenolic OH excluding ortho intramolecular Hbond substituents is 1. The zero-order valence-electron chi connectivity index (χ0n) is 13.4. The van der Waals surface area contributed by atoms with E-state index < -0.39 is 0 Å². The zero-order valence-corrected chi connectivity index (χ0v) is 14.9. The molecule has 0 atom stereocenters. The summed E-state index contributed by atoms with van der Waals surface area (Å²) in [5.74, 6) is 1.04. The van der Waals surface area contributed by atoms with Gasteiger partial charge >= 0.3 is 0 Å². The molecular formula is C20H17Cl2NO2. The normalized spacial score (nSPS) is 10.5. The fourth-order valence-corrected chi connectivity index (χ4v) is 2.65. The van der Waals surface area contributed by atoms with Gasteiger partial charge < -0.3 is 15.2 Å². The SMILES string of the molecule is Oc1ccc(NCc2cccc(OCc3ccc(Cl)c(Cl)c3)c2)cc1. The molecule has 0 radical (unpaired) electrons. The Morgan fingerprint density at radius 1 is 0.840 bits per heavy atom. The van der Waals surface area contributed by atoms with Gasteiger partial charge in [0.05, 0.1) is 10.0 Å². The Hall–Kier alpha value is -2.36. The van der Waals surface area contributed by atoms with Crippen LogP contribution in [0.15, 0.2) is 66.7 Å². The summed E-state index contributed by atoms with van der Waals surface area (Å²) in [5.41, 5.74) is 3.00. The lowest BCUT2D eigenvalue weighted by atomic mass is 10.2. The number of ether oxygens (including phenoxy) is 1. The molecule has 0 amide bonds. The average Bonchev–Trinajstić information content (AvgIpc) is 2.63. The van der Waals surface area contributed by atoms with Crippen LogP contribution < -0.4 is 10.1 Å². The third-order valence-corrected chi connectivity index (χ3v) is 4.39. The van der Waals surface area contributed by atoms with Crippen LogP contribution in [0.1, 0.15) is 11.1 Å². The van der Waals surface area contributed by atoms with Crippen molar-refractivity contribution >= 4 is 28.9 Å². The maximum Gasteiger partial charge on any atom is 0.120 e. The molecule has 0 saturated heterocycles. The van der Waals surface area contributed by atoms with Crippen LogP contribution in [-0.2, 0) is 13.2 Å². The number of phenols is 1. The van der Waals surface area contributed by atoms with Crippen molar-refractivity contribution in [2.75, 3.05) is 5.32 Å². The van der Waals surface area contributed by atoms with E-state index in [1.54, 1.807) is 24.3 Å². The van der Waals surface area contributed by atoms with Crippen LogP contribution in [-0.4, -0.2) is 5.11 Å². The smallest absolute Gasteiger partial charge is 0.120 e. The Morgan fingerprint density at radius 3 is 2.40 bits per heavy atom. The fourth-order valence-electron chi connectivity index (χ4n) is 2.32. The Morgan fingerprint density at radius 2 is 1.64 bits per heavy atom. The van der Waals surface area contributed by atoms with Crippen molar-refractivity contribution in [2.45, 2.75) is 13.2 Å².